The molecule has 1 heterocycles. The van der Waals surface area contributed by atoms with E-state index in [-0.39, 0.29) is 0 Å². The van der Waals surface area contributed by atoms with Crippen molar-refractivity contribution in [1.82, 2.24) is 15.5 Å². The Hall–Kier alpha value is -1.42. The summed E-state index contributed by atoms with van der Waals surface area (Å²) in [6.07, 6.45) is 5.22. The molecule has 1 N–H and O–H groups in total. The van der Waals surface area contributed by atoms with Gasteiger partial charge >= 0.3 is 0 Å². The Labute approximate surface area is 110 Å². The van der Waals surface area contributed by atoms with Crippen LogP contribution in [-0.2, 0) is 6.54 Å². The maximum Gasteiger partial charge on any atom is 0.150 e. The molecule has 0 aromatic carbocycles. The van der Waals surface area contributed by atoms with Crippen LogP contribution in [0, 0.1) is 0 Å². The molecule has 0 saturated carbocycles. The SMILES string of the molecule is C=CCCCN(C)c1ccc(CNCCC)nn1. The first kappa shape index (κ1) is 14.6. The molecular weight excluding hydrogens is 224 g/mol. The zero-order valence-electron chi connectivity index (χ0n) is 11.5. The lowest BCUT2D eigenvalue weighted by atomic mass is 10.3. The van der Waals surface area contributed by atoms with Crippen molar-refractivity contribution < 1.29 is 0 Å². The van der Waals surface area contributed by atoms with E-state index in [2.05, 4.69) is 33.9 Å². The molecule has 0 fully saturated rings. The van der Waals surface area contributed by atoms with E-state index in [1.807, 2.05) is 25.3 Å². The highest BCUT2D eigenvalue weighted by Gasteiger charge is 2.02. The fraction of sp³-hybridized carbons (Fsp3) is 0.571. The molecule has 0 atom stereocenters. The molecule has 0 amide bonds. The van der Waals surface area contributed by atoms with Gasteiger partial charge in [-0.2, -0.15) is 5.10 Å². The van der Waals surface area contributed by atoms with Gasteiger partial charge < -0.3 is 10.2 Å². The maximum atomic E-state index is 4.25. The molecule has 0 saturated heterocycles. The summed E-state index contributed by atoms with van der Waals surface area (Å²) in [6.45, 7) is 8.67. The smallest absolute Gasteiger partial charge is 0.150 e. The molecule has 0 radical (unpaired) electrons. The van der Waals surface area contributed by atoms with E-state index in [0.717, 1.165) is 50.4 Å². The van der Waals surface area contributed by atoms with Gasteiger partial charge in [-0.1, -0.05) is 13.0 Å². The lowest BCUT2D eigenvalue weighted by Gasteiger charge is -2.17. The molecule has 4 nitrogen and oxygen atoms in total. The minimum absolute atomic E-state index is 0.793. The summed E-state index contributed by atoms with van der Waals surface area (Å²) in [6, 6.07) is 4.07. The van der Waals surface area contributed by atoms with E-state index in [1.54, 1.807) is 0 Å². The zero-order chi connectivity index (χ0) is 13.2. The third kappa shape index (κ3) is 5.27. The average Bonchev–Trinajstić information content (AvgIpc) is 2.40. The van der Waals surface area contributed by atoms with Crippen LogP contribution in [0.15, 0.2) is 24.8 Å². The van der Waals surface area contributed by atoms with E-state index < -0.39 is 0 Å². The van der Waals surface area contributed by atoms with Gasteiger partial charge in [-0.15, -0.1) is 11.7 Å². The van der Waals surface area contributed by atoms with Gasteiger partial charge in [0.25, 0.3) is 0 Å². The van der Waals surface area contributed by atoms with Crippen LogP contribution in [0.5, 0.6) is 0 Å². The van der Waals surface area contributed by atoms with Crippen molar-refractivity contribution in [2.75, 3.05) is 25.0 Å². The summed E-state index contributed by atoms with van der Waals surface area (Å²) < 4.78 is 0. The monoisotopic (exact) mass is 248 g/mol. The van der Waals surface area contributed by atoms with E-state index in [4.69, 9.17) is 0 Å². The van der Waals surface area contributed by atoms with Crippen LogP contribution in [0.2, 0.25) is 0 Å². The lowest BCUT2D eigenvalue weighted by molar-refractivity contribution is 0.655. The number of anilines is 1. The van der Waals surface area contributed by atoms with Gasteiger partial charge in [0.1, 0.15) is 0 Å². The first-order valence-corrected chi connectivity index (χ1v) is 6.63. The second-order valence-electron chi connectivity index (χ2n) is 4.41. The third-order valence-electron chi connectivity index (χ3n) is 2.73. The van der Waals surface area contributed by atoms with Gasteiger partial charge in [0.15, 0.2) is 5.82 Å². The Balaban J connectivity index is 2.40. The van der Waals surface area contributed by atoms with Crippen LogP contribution in [0.3, 0.4) is 0 Å². The van der Waals surface area contributed by atoms with Crippen LogP contribution in [0.25, 0.3) is 0 Å². The van der Waals surface area contributed by atoms with Crippen molar-refractivity contribution in [3.63, 3.8) is 0 Å². The first-order chi connectivity index (χ1) is 8.77. The molecule has 100 valence electrons. The highest BCUT2D eigenvalue weighted by Crippen LogP contribution is 2.08. The number of aromatic nitrogens is 2. The quantitative estimate of drug-likeness (QED) is 0.538. The predicted molar refractivity (Wildman–Crippen MR) is 76.7 cm³/mol. The number of allylic oxidation sites excluding steroid dienone is 1. The molecule has 0 aliphatic carbocycles. The van der Waals surface area contributed by atoms with Gasteiger partial charge in [-0.25, -0.2) is 0 Å². The van der Waals surface area contributed by atoms with Gasteiger partial charge in [0.05, 0.1) is 5.69 Å². The lowest BCUT2D eigenvalue weighted by Crippen LogP contribution is -2.21. The summed E-state index contributed by atoms with van der Waals surface area (Å²) >= 11 is 0. The van der Waals surface area contributed by atoms with Crippen molar-refractivity contribution in [2.45, 2.75) is 32.7 Å². The summed E-state index contributed by atoms with van der Waals surface area (Å²) in [4.78, 5) is 2.12. The largest absolute Gasteiger partial charge is 0.358 e. The number of hydrogen-bond donors (Lipinski definition) is 1. The Morgan fingerprint density at radius 1 is 1.39 bits per heavy atom. The van der Waals surface area contributed by atoms with Crippen molar-refractivity contribution in [3.8, 4) is 0 Å². The highest BCUT2D eigenvalue weighted by atomic mass is 15.2. The molecule has 0 aliphatic heterocycles. The van der Waals surface area contributed by atoms with Gasteiger partial charge in [-0.05, 0) is 37.9 Å². The maximum absolute atomic E-state index is 4.25. The molecule has 0 aliphatic rings. The second kappa shape index (κ2) is 8.64. The number of nitrogens with zero attached hydrogens (tertiary/aromatic N) is 3. The molecule has 1 aromatic rings. The van der Waals surface area contributed by atoms with Crippen molar-refractivity contribution in [3.05, 3.63) is 30.5 Å². The van der Waals surface area contributed by atoms with E-state index >= 15 is 0 Å². The van der Waals surface area contributed by atoms with Crippen molar-refractivity contribution in [2.24, 2.45) is 0 Å². The van der Waals surface area contributed by atoms with Gasteiger partial charge in [0.2, 0.25) is 0 Å². The van der Waals surface area contributed by atoms with Crippen molar-refractivity contribution in [1.29, 1.82) is 0 Å². The normalized spacial score (nSPS) is 10.3. The van der Waals surface area contributed by atoms with E-state index in [0.29, 0.717) is 0 Å². The number of unbranched alkanes of at least 4 members (excludes halogenated alkanes) is 1. The summed E-state index contributed by atoms with van der Waals surface area (Å²) in [5.41, 5.74) is 0.992. The minimum atomic E-state index is 0.793. The minimum Gasteiger partial charge on any atom is -0.358 e. The Bertz CT molecular complexity index is 334. The second-order valence-corrected chi connectivity index (χ2v) is 4.41. The Morgan fingerprint density at radius 3 is 2.83 bits per heavy atom. The molecule has 0 unspecified atom stereocenters. The fourth-order valence-corrected chi connectivity index (χ4v) is 1.63. The molecule has 4 heteroatoms. The average molecular weight is 248 g/mol. The van der Waals surface area contributed by atoms with Crippen LogP contribution in [0.1, 0.15) is 31.9 Å². The summed E-state index contributed by atoms with van der Waals surface area (Å²) in [7, 11) is 2.04. The molecule has 1 aromatic heterocycles. The first-order valence-electron chi connectivity index (χ1n) is 6.63. The molecule has 18 heavy (non-hydrogen) atoms. The van der Waals surface area contributed by atoms with Crippen LogP contribution in [-0.4, -0.2) is 30.3 Å². The van der Waals surface area contributed by atoms with Gasteiger partial charge in [0, 0.05) is 20.1 Å². The zero-order valence-corrected chi connectivity index (χ0v) is 11.5. The predicted octanol–water partition coefficient (Wildman–Crippen LogP) is 2.38. The third-order valence-corrected chi connectivity index (χ3v) is 2.73. The van der Waals surface area contributed by atoms with E-state index in [1.165, 1.54) is 0 Å². The topological polar surface area (TPSA) is 41.0 Å². The Morgan fingerprint density at radius 2 is 2.22 bits per heavy atom. The number of hydrogen-bond acceptors (Lipinski definition) is 4. The Kier molecular flexibility index (Phi) is 7.03. The summed E-state index contributed by atoms with van der Waals surface area (Å²) in [5.74, 6) is 0.929. The molecule has 0 spiro atoms. The van der Waals surface area contributed by atoms with Crippen molar-refractivity contribution >= 4 is 5.82 Å². The van der Waals surface area contributed by atoms with Crippen LogP contribution in [0.4, 0.5) is 5.82 Å². The molecule has 1 rings (SSSR count). The highest BCUT2D eigenvalue weighted by molar-refractivity contribution is 5.35. The fourth-order valence-electron chi connectivity index (χ4n) is 1.63. The molecule has 0 bridgehead atoms. The standard InChI is InChI=1S/C14H24N4/c1-4-6-7-11-18(3)14-9-8-13(16-17-14)12-15-10-5-2/h4,8-9,15H,1,5-7,10-12H2,2-3H3. The molecular formula is C14H24N4. The number of nitrogens with one attached hydrogen (secondary N) is 1. The number of rotatable bonds is 9. The van der Waals surface area contributed by atoms with Crippen LogP contribution < -0.4 is 10.2 Å². The van der Waals surface area contributed by atoms with E-state index in [9.17, 15) is 0 Å². The van der Waals surface area contributed by atoms with Crippen LogP contribution >= 0.6 is 0 Å². The van der Waals surface area contributed by atoms with Gasteiger partial charge in [-0.3, -0.25) is 0 Å². The summed E-state index contributed by atoms with van der Waals surface area (Å²) in [5, 5.41) is 11.8.